The Hall–Kier alpha value is -1.74. The van der Waals surface area contributed by atoms with Crippen molar-refractivity contribution >= 4 is 0 Å². The zero-order valence-electron chi connectivity index (χ0n) is 11.2. The summed E-state index contributed by atoms with van der Waals surface area (Å²) in [7, 11) is 0. The molecule has 0 aliphatic heterocycles. The van der Waals surface area contributed by atoms with Gasteiger partial charge in [-0.05, 0) is 30.9 Å². The van der Waals surface area contributed by atoms with Crippen molar-refractivity contribution in [3.8, 4) is 0 Å². The molecule has 1 N–H and O–H groups in total. The van der Waals surface area contributed by atoms with Gasteiger partial charge in [-0.25, -0.2) is 8.78 Å². The van der Waals surface area contributed by atoms with Crippen LogP contribution in [0.25, 0.3) is 0 Å². The predicted molar refractivity (Wildman–Crippen MR) is 73.4 cm³/mol. The van der Waals surface area contributed by atoms with Crippen molar-refractivity contribution in [2.75, 3.05) is 0 Å². The molecule has 0 radical (unpaired) electrons. The topological polar surface area (TPSA) is 20.2 Å². The standard InChI is InChI=1S/C17H16F2O/c1-11-7-8-13(15(19)14(11)18)16(20)17(9-10-17)12-5-3-2-4-6-12/h2-8,16,20H,9-10H2,1H3. The van der Waals surface area contributed by atoms with E-state index < -0.39 is 23.2 Å². The van der Waals surface area contributed by atoms with Crippen molar-refractivity contribution < 1.29 is 13.9 Å². The number of aryl methyl sites for hydroxylation is 1. The molecule has 20 heavy (non-hydrogen) atoms. The lowest BCUT2D eigenvalue weighted by Crippen LogP contribution is -2.20. The van der Waals surface area contributed by atoms with E-state index in [1.54, 1.807) is 0 Å². The van der Waals surface area contributed by atoms with Gasteiger partial charge in [-0.2, -0.15) is 0 Å². The summed E-state index contributed by atoms with van der Waals surface area (Å²) in [6.45, 7) is 1.51. The number of benzene rings is 2. The minimum atomic E-state index is -1.01. The maximum absolute atomic E-state index is 14.1. The van der Waals surface area contributed by atoms with Crippen LogP contribution in [0.2, 0.25) is 0 Å². The Kier molecular flexibility index (Phi) is 3.09. The highest BCUT2D eigenvalue weighted by Gasteiger charge is 2.51. The van der Waals surface area contributed by atoms with Crippen LogP contribution in [0, 0.1) is 18.6 Å². The second-order valence-corrected chi connectivity index (χ2v) is 5.52. The fraction of sp³-hybridized carbons (Fsp3) is 0.294. The first kappa shape index (κ1) is 13.3. The zero-order chi connectivity index (χ0) is 14.3. The summed E-state index contributed by atoms with van der Waals surface area (Å²) in [6.07, 6.45) is 0.556. The molecule has 104 valence electrons. The Morgan fingerprint density at radius 3 is 2.25 bits per heavy atom. The number of aliphatic hydroxyl groups excluding tert-OH is 1. The van der Waals surface area contributed by atoms with Gasteiger partial charge in [0.15, 0.2) is 11.6 Å². The van der Waals surface area contributed by atoms with Gasteiger partial charge in [-0.1, -0.05) is 42.5 Å². The van der Waals surface area contributed by atoms with E-state index in [0.717, 1.165) is 18.4 Å². The van der Waals surface area contributed by atoms with Gasteiger partial charge in [-0.3, -0.25) is 0 Å². The maximum Gasteiger partial charge on any atom is 0.164 e. The summed E-state index contributed by atoms with van der Waals surface area (Å²) in [4.78, 5) is 0. The normalized spacial score (nSPS) is 17.8. The van der Waals surface area contributed by atoms with Crippen LogP contribution in [0.5, 0.6) is 0 Å². The minimum Gasteiger partial charge on any atom is -0.387 e. The second kappa shape index (κ2) is 4.67. The molecule has 3 rings (SSSR count). The molecule has 0 spiro atoms. The molecule has 1 atom stereocenters. The Morgan fingerprint density at radius 2 is 1.65 bits per heavy atom. The number of hydrogen-bond acceptors (Lipinski definition) is 1. The van der Waals surface area contributed by atoms with Crippen molar-refractivity contribution in [3.05, 3.63) is 70.8 Å². The van der Waals surface area contributed by atoms with Crippen LogP contribution in [0.4, 0.5) is 8.78 Å². The molecule has 1 aliphatic carbocycles. The van der Waals surface area contributed by atoms with Gasteiger partial charge in [0.2, 0.25) is 0 Å². The fourth-order valence-corrected chi connectivity index (χ4v) is 2.79. The van der Waals surface area contributed by atoms with Gasteiger partial charge in [-0.15, -0.1) is 0 Å². The van der Waals surface area contributed by atoms with Crippen LogP contribution in [0.1, 0.15) is 35.6 Å². The molecular formula is C17H16F2O. The molecule has 0 amide bonds. The van der Waals surface area contributed by atoms with E-state index in [0.29, 0.717) is 0 Å². The molecule has 0 saturated heterocycles. The quantitative estimate of drug-likeness (QED) is 0.895. The van der Waals surface area contributed by atoms with Crippen LogP contribution in [-0.2, 0) is 5.41 Å². The first-order chi connectivity index (χ1) is 9.56. The fourth-order valence-electron chi connectivity index (χ4n) is 2.79. The number of halogens is 2. The van der Waals surface area contributed by atoms with Gasteiger partial charge in [0.1, 0.15) is 0 Å². The Morgan fingerprint density at radius 1 is 1.00 bits per heavy atom. The first-order valence-electron chi connectivity index (χ1n) is 6.74. The van der Waals surface area contributed by atoms with Crippen molar-refractivity contribution in [2.24, 2.45) is 0 Å². The van der Waals surface area contributed by atoms with E-state index in [1.807, 2.05) is 30.3 Å². The summed E-state index contributed by atoms with van der Waals surface area (Å²) >= 11 is 0. The predicted octanol–water partition coefficient (Wildman–Crippen LogP) is 4.04. The SMILES string of the molecule is Cc1ccc(C(O)C2(c3ccccc3)CC2)c(F)c1F. The smallest absolute Gasteiger partial charge is 0.164 e. The third-order valence-electron chi connectivity index (χ3n) is 4.26. The molecule has 1 saturated carbocycles. The molecule has 1 unspecified atom stereocenters. The lowest BCUT2D eigenvalue weighted by molar-refractivity contribution is 0.128. The zero-order valence-corrected chi connectivity index (χ0v) is 11.2. The molecule has 0 aromatic heterocycles. The van der Waals surface area contributed by atoms with E-state index in [1.165, 1.54) is 19.1 Å². The number of aliphatic hydroxyl groups is 1. The van der Waals surface area contributed by atoms with Gasteiger partial charge in [0, 0.05) is 11.0 Å². The summed E-state index contributed by atoms with van der Waals surface area (Å²) < 4.78 is 27.7. The van der Waals surface area contributed by atoms with E-state index in [-0.39, 0.29) is 11.1 Å². The van der Waals surface area contributed by atoms with Gasteiger partial charge >= 0.3 is 0 Å². The van der Waals surface area contributed by atoms with Crippen molar-refractivity contribution in [1.29, 1.82) is 0 Å². The molecule has 1 aliphatic rings. The molecule has 2 aromatic carbocycles. The van der Waals surface area contributed by atoms with Gasteiger partial charge in [0.05, 0.1) is 6.10 Å². The molecule has 3 heteroatoms. The van der Waals surface area contributed by atoms with Gasteiger partial charge < -0.3 is 5.11 Å². The Labute approximate surface area is 116 Å². The van der Waals surface area contributed by atoms with Crippen LogP contribution in [0.15, 0.2) is 42.5 Å². The Balaban J connectivity index is 2.02. The van der Waals surface area contributed by atoms with Gasteiger partial charge in [0.25, 0.3) is 0 Å². The van der Waals surface area contributed by atoms with E-state index in [9.17, 15) is 13.9 Å². The summed E-state index contributed by atoms with van der Waals surface area (Å²) in [5.41, 5.74) is 0.814. The summed E-state index contributed by atoms with van der Waals surface area (Å²) in [6, 6.07) is 12.6. The van der Waals surface area contributed by atoms with Crippen molar-refractivity contribution in [3.63, 3.8) is 0 Å². The highest BCUT2D eigenvalue weighted by molar-refractivity contribution is 5.38. The molecule has 2 aromatic rings. The van der Waals surface area contributed by atoms with Crippen LogP contribution in [0.3, 0.4) is 0 Å². The lowest BCUT2D eigenvalue weighted by Gasteiger charge is -2.24. The highest BCUT2D eigenvalue weighted by Crippen LogP contribution is 2.56. The average Bonchev–Trinajstić information content (AvgIpc) is 3.27. The van der Waals surface area contributed by atoms with Crippen molar-refractivity contribution in [2.45, 2.75) is 31.3 Å². The van der Waals surface area contributed by atoms with Crippen molar-refractivity contribution in [1.82, 2.24) is 0 Å². The van der Waals surface area contributed by atoms with E-state index in [2.05, 4.69) is 0 Å². The number of hydrogen-bond donors (Lipinski definition) is 1. The van der Waals surface area contributed by atoms with Crippen LogP contribution in [-0.4, -0.2) is 5.11 Å². The first-order valence-corrected chi connectivity index (χ1v) is 6.74. The molecule has 0 heterocycles. The highest BCUT2D eigenvalue weighted by atomic mass is 19.2. The van der Waals surface area contributed by atoms with Crippen LogP contribution < -0.4 is 0 Å². The molecule has 1 fully saturated rings. The third-order valence-corrected chi connectivity index (χ3v) is 4.26. The maximum atomic E-state index is 14.1. The second-order valence-electron chi connectivity index (χ2n) is 5.52. The largest absolute Gasteiger partial charge is 0.387 e. The molecule has 1 nitrogen and oxygen atoms in total. The molecular weight excluding hydrogens is 258 g/mol. The monoisotopic (exact) mass is 274 g/mol. The average molecular weight is 274 g/mol. The summed E-state index contributed by atoms with van der Waals surface area (Å²) in [5.74, 6) is -1.80. The molecule has 0 bridgehead atoms. The van der Waals surface area contributed by atoms with E-state index in [4.69, 9.17) is 0 Å². The third kappa shape index (κ3) is 1.93. The van der Waals surface area contributed by atoms with Crippen LogP contribution >= 0.6 is 0 Å². The lowest BCUT2D eigenvalue weighted by atomic mass is 9.85. The number of rotatable bonds is 3. The van der Waals surface area contributed by atoms with E-state index >= 15 is 0 Å². The summed E-state index contributed by atoms with van der Waals surface area (Å²) in [5, 5.41) is 10.6. The minimum absolute atomic E-state index is 0.0504. The Bertz CT molecular complexity index is 633.